The summed E-state index contributed by atoms with van der Waals surface area (Å²) in [5.41, 5.74) is 0. The zero-order chi connectivity index (χ0) is 23.0. The van der Waals surface area contributed by atoms with Crippen LogP contribution < -0.4 is 0 Å². The fourth-order valence-electron chi connectivity index (χ4n) is 4.11. The van der Waals surface area contributed by atoms with Gasteiger partial charge in [-0.2, -0.15) is 0 Å². The number of hydrogen-bond donors (Lipinski definition) is 1. The Kier molecular flexibility index (Phi) is 16.5. The molecular formula is C23H46BO6P. The predicted octanol–water partition coefficient (Wildman–Crippen LogP) is 5.59. The van der Waals surface area contributed by atoms with Gasteiger partial charge in [0.2, 0.25) is 0 Å². The summed E-state index contributed by atoms with van der Waals surface area (Å²) in [7, 11) is 3.87. The molecular weight excluding hydrogens is 414 g/mol. The highest BCUT2D eigenvalue weighted by molar-refractivity contribution is 7.51. The van der Waals surface area contributed by atoms with Crippen LogP contribution in [0.3, 0.4) is 0 Å². The first-order chi connectivity index (χ1) is 14.9. The van der Waals surface area contributed by atoms with Gasteiger partial charge < -0.3 is 19.1 Å². The molecule has 0 aromatic rings. The summed E-state index contributed by atoms with van der Waals surface area (Å²) in [6, 6.07) is -0.691. The summed E-state index contributed by atoms with van der Waals surface area (Å²) in [6.07, 6.45) is 16.5. The van der Waals surface area contributed by atoms with Gasteiger partial charge in [-0.25, -0.2) is 0 Å². The first-order valence-corrected chi connectivity index (χ1v) is 14.4. The number of hydrogen-bond acceptors (Lipinski definition) is 5. The Hall–Kier alpha value is 0.0949. The van der Waals surface area contributed by atoms with Crippen molar-refractivity contribution in [3.8, 4) is 0 Å². The zero-order valence-corrected chi connectivity index (χ0v) is 21.0. The lowest BCUT2D eigenvalue weighted by Gasteiger charge is -2.25. The number of methoxy groups -OCH3 is 1. The molecule has 0 spiro atoms. The Morgan fingerprint density at radius 2 is 1.35 bits per heavy atom. The van der Waals surface area contributed by atoms with E-state index in [0.29, 0.717) is 6.61 Å². The highest BCUT2D eigenvalue weighted by Gasteiger charge is 2.45. The third kappa shape index (κ3) is 14.1. The maximum absolute atomic E-state index is 11.7. The molecule has 0 aliphatic carbocycles. The minimum Gasteiger partial charge on any atom is -0.382 e. The van der Waals surface area contributed by atoms with Crippen molar-refractivity contribution >= 4 is 15.4 Å². The highest BCUT2D eigenvalue weighted by atomic mass is 31.2. The third-order valence-electron chi connectivity index (χ3n) is 5.80. The van der Waals surface area contributed by atoms with E-state index in [4.69, 9.17) is 26.6 Å². The Morgan fingerprint density at radius 3 is 1.81 bits per heavy atom. The summed E-state index contributed by atoms with van der Waals surface area (Å²) < 4.78 is 33.7. The van der Waals surface area contributed by atoms with Gasteiger partial charge >= 0.3 is 7.60 Å². The van der Waals surface area contributed by atoms with Crippen molar-refractivity contribution in [2.45, 2.75) is 121 Å². The van der Waals surface area contributed by atoms with E-state index in [2.05, 4.69) is 6.92 Å². The average Bonchev–Trinajstić information content (AvgIpc) is 2.98. The standard InChI is InChI=1S/C23H46BO6P/c1-4-5-6-7-8-9-10-11-12-13-14-15-16-17-18-28-22-21(30-31(3,25)26)20(19-27-2)29-23(22)24/h20-23H,4-19H2,1-3H3,(H,25,26)/t20-,21?,22+,23-/m1/s1. The van der Waals surface area contributed by atoms with E-state index >= 15 is 0 Å². The summed E-state index contributed by atoms with van der Waals surface area (Å²) in [5.74, 6) is 0. The summed E-state index contributed by atoms with van der Waals surface area (Å²) in [4.78, 5) is 9.61. The van der Waals surface area contributed by atoms with Gasteiger partial charge in [0.15, 0.2) is 0 Å². The van der Waals surface area contributed by atoms with Crippen LogP contribution in [0.15, 0.2) is 0 Å². The molecule has 0 bridgehead atoms. The van der Waals surface area contributed by atoms with Gasteiger partial charge in [0.1, 0.15) is 26.2 Å². The largest absolute Gasteiger partial charge is 0.382 e. The Bertz CT molecular complexity index is 475. The van der Waals surface area contributed by atoms with Crippen molar-refractivity contribution < 1.29 is 28.2 Å². The van der Waals surface area contributed by atoms with Gasteiger partial charge in [0.25, 0.3) is 0 Å². The molecule has 0 aromatic heterocycles. The molecule has 0 aromatic carbocycles. The quantitative estimate of drug-likeness (QED) is 0.145. The molecule has 2 radical (unpaired) electrons. The second kappa shape index (κ2) is 17.6. The van der Waals surface area contributed by atoms with Crippen LogP contribution in [0.5, 0.6) is 0 Å². The molecule has 6 nitrogen and oxygen atoms in total. The third-order valence-corrected chi connectivity index (χ3v) is 6.44. The molecule has 1 heterocycles. The lowest BCUT2D eigenvalue weighted by atomic mass is 9.93. The summed E-state index contributed by atoms with van der Waals surface area (Å²) in [6.45, 7) is 4.20. The van der Waals surface area contributed by atoms with Crippen LogP contribution in [0.25, 0.3) is 0 Å². The normalized spacial score (nSPS) is 25.7. The monoisotopic (exact) mass is 460 g/mol. The molecule has 31 heavy (non-hydrogen) atoms. The number of ether oxygens (including phenoxy) is 3. The second-order valence-corrected chi connectivity index (χ2v) is 10.7. The van der Waals surface area contributed by atoms with E-state index in [0.717, 1.165) is 19.5 Å². The number of unbranched alkanes of at least 4 members (excludes halogenated alkanes) is 13. The Labute approximate surface area is 192 Å². The van der Waals surface area contributed by atoms with E-state index in [1.54, 1.807) is 7.11 Å². The zero-order valence-electron chi connectivity index (χ0n) is 20.1. The van der Waals surface area contributed by atoms with Crippen molar-refractivity contribution in [3.63, 3.8) is 0 Å². The van der Waals surface area contributed by atoms with E-state index < -0.39 is 31.9 Å². The van der Waals surface area contributed by atoms with Crippen molar-refractivity contribution in [1.29, 1.82) is 0 Å². The van der Waals surface area contributed by atoms with Gasteiger partial charge in [0.05, 0.1) is 6.61 Å². The van der Waals surface area contributed by atoms with E-state index in [9.17, 15) is 9.46 Å². The van der Waals surface area contributed by atoms with Crippen LogP contribution in [0.1, 0.15) is 96.8 Å². The molecule has 0 amide bonds. The van der Waals surface area contributed by atoms with Crippen molar-refractivity contribution in [3.05, 3.63) is 0 Å². The summed E-state index contributed by atoms with van der Waals surface area (Å²) >= 11 is 0. The van der Waals surface area contributed by atoms with Crippen LogP contribution in [-0.4, -0.2) is 64.0 Å². The van der Waals surface area contributed by atoms with Crippen LogP contribution in [0.2, 0.25) is 0 Å². The van der Waals surface area contributed by atoms with Crippen LogP contribution in [0, 0.1) is 0 Å². The van der Waals surface area contributed by atoms with Gasteiger partial charge in [0, 0.05) is 26.4 Å². The molecule has 1 aliphatic rings. The fraction of sp³-hybridized carbons (Fsp3) is 1.00. The molecule has 2 unspecified atom stereocenters. The van der Waals surface area contributed by atoms with E-state index in [1.807, 2.05) is 0 Å². The molecule has 1 saturated heterocycles. The number of rotatable bonds is 20. The Morgan fingerprint density at radius 1 is 0.871 bits per heavy atom. The molecule has 8 heteroatoms. The summed E-state index contributed by atoms with van der Waals surface area (Å²) in [5, 5.41) is 0. The highest BCUT2D eigenvalue weighted by Crippen LogP contribution is 2.42. The van der Waals surface area contributed by atoms with E-state index in [1.165, 1.54) is 77.0 Å². The smallest absolute Gasteiger partial charge is 0.325 e. The van der Waals surface area contributed by atoms with Gasteiger partial charge in [-0.1, -0.05) is 90.4 Å². The minimum atomic E-state index is -3.69. The fourth-order valence-corrected chi connectivity index (χ4v) is 4.82. The maximum atomic E-state index is 11.7. The van der Waals surface area contributed by atoms with Crippen LogP contribution in [-0.2, 0) is 23.3 Å². The van der Waals surface area contributed by atoms with Crippen molar-refractivity contribution in [2.75, 3.05) is 27.0 Å². The molecule has 1 aliphatic heterocycles. The molecule has 0 saturated carbocycles. The van der Waals surface area contributed by atoms with E-state index in [-0.39, 0.29) is 6.61 Å². The van der Waals surface area contributed by atoms with Crippen LogP contribution in [0.4, 0.5) is 0 Å². The molecule has 1 N–H and O–H groups in total. The molecule has 182 valence electrons. The van der Waals surface area contributed by atoms with Crippen molar-refractivity contribution in [2.24, 2.45) is 0 Å². The van der Waals surface area contributed by atoms with Crippen molar-refractivity contribution in [1.82, 2.24) is 0 Å². The molecule has 1 rings (SSSR count). The van der Waals surface area contributed by atoms with Gasteiger partial charge in [-0.3, -0.25) is 9.09 Å². The maximum Gasteiger partial charge on any atom is 0.325 e. The second-order valence-electron chi connectivity index (χ2n) is 8.90. The SMILES string of the molecule is [B][C@@H]1O[C@H](COC)C(OP(C)(=O)O)[C@@H]1OCCCCCCCCCCCCCCCC. The molecule has 1 fully saturated rings. The lowest BCUT2D eigenvalue weighted by molar-refractivity contribution is -0.0250. The topological polar surface area (TPSA) is 74.2 Å². The minimum absolute atomic E-state index is 0.233. The molecule has 5 atom stereocenters. The van der Waals surface area contributed by atoms with Crippen LogP contribution >= 0.6 is 7.60 Å². The van der Waals surface area contributed by atoms with Gasteiger partial charge in [-0.05, 0) is 6.42 Å². The Balaban J connectivity index is 2.06. The lowest BCUT2D eigenvalue weighted by Crippen LogP contribution is -2.38. The average molecular weight is 460 g/mol. The van der Waals surface area contributed by atoms with Gasteiger partial charge in [-0.15, -0.1) is 0 Å². The predicted molar refractivity (Wildman–Crippen MR) is 127 cm³/mol. The first kappa shape index (κ1) is 29.1. The first-order valence-electron chi connectivity index (χ1n) is 12.4.